The Morgan fingerprint density at radius 2 is 2.22 bits per heavy atom. The first-order valence-corrected chi connectivity index (χ1v) is 7.35. The molecular formula is C15H24O3. The molecule has 4 unspecified atom stereocenters. The number of aliphatic hydroxyl groups excluding tert-OH is 1. The van der Waals surface area contributed by atoms with Gasteiger partial charge >= 0.3 is 0 Å². The van der Waals surface area contributed by atoms with E-state index in [0.717, 1.165) is 38.7 Å². The Morgan fingerprint density at radius 1 is 1.33 bits per heavy atom. The number of fused-ring (bicyclic) bond motifs is 1. The third-order valence-electron chi connectivity index (χ3n) is 4.93. The largest absolute Gasteiger partial charge is 0.389 e. The van der Waals surface area contributed by atoms with Crippen LogP contribution in [0.4, 0.5) is 0 Å². The molecule has 4 atom stereocenters. The zero-order valence-corrected chi connectivity index (χ0v) is 11.2. The van der Waals surface area contributed by atoms with E-state index in [9.17, 15) is 5.11 Å². The molecule has 1 saturated heterocycles. The van der Waals surface area contributed by atoms with Gasteiger partial charge in [-0.15, -0.1) is 0 Å². The molecule has 3 nitrogen and oxygen atoms in total. The molecule has 0 spiro atoms. The molecule has 0 aromatic heterocycles. The van der Waals surface area contributed by atoms with Crippen LogP contribution >= 0.6 is 0 Å². The number of aliphatic hydroxyl groups is 1. The Morgan fingerprint density at radius 3 is 3.00 bits per heavy atom. The smallest absolute Gasteiger partial charge is 0.157 e. The van der Waals surface area contributed by atoms with Crippen molar-refractivity contribution in [1.82, 2.24) is 0 Å². The van der Waals surface area contributed by atoms with E-state index in [0.29, 0.717) is 0 Å². The lowest BCUT2D eigenvalue weighted by molar-refractivity contribution is -0.203. The normalized spacial score (nSPS) is 44.6. The van der Waals surface area contributed by atoms with Crippen LogP contribution in [0.5, 0.6) is 0 Å². The number of rotatable bonds is 2. The van der Waals surface area contributed by atoms with Crippen molar-refractivity contribution in [3.05, 3.63) is 11.6 Å². The highest BCUT2D eigenvalue weighted by atomic mass is 16.7. The third kappa shape index (κ3) is 2.24. The third-order valence-corrected chi connectivity index (χ3v) is 4.93. The molecule has 3 rings (SSSR count). The van der Waals surface area contributed by atoms with E-state index < -0.39 is 0 Å². The van der Waals surface area contributed by atoms with Gasteiger partial charge in [0.1, 0.15) is 0 Å². The van der Waals surface area contributed by atoms with Gasteiger partial charge in [0.2, 0.25) is 0 Å². The summed E-state index contributed by atoms with van der Waals surface area (Å²) in [5, 5.41) is 9.74. The van der Waals surface area contributed by atoms with Crippen molar-refractivity contribution in [2.45, 2.75) is 70.4 Å². The summed E-state index contributed by atoms with van der Waals surface area (Å²) in [7, 11) is 0. The second-order valence-corrected chi connectivity index (χ2v) is 6.17. The van der Waals surface area contributed by atoms with Crippen LogP contribution in [0.15, 0.2) is 11.6 Å². The highest BCUT2D eigenvalue weighted by Gasteiger charge is 2.46. The second-order valence-electron chi connectivity index (χ2n) is 6.17. The molecule has 18 heavy (non-hydrogen) atoms. The Bertz CT molecular complexity index is 333. The molecule has 102 valence electrons. The zero-order chi connectivity index (χ0) is 12.6. The highest BCUT2D eigenvalue weighted by molar-refractivity contribution is 5.25. The Hall–Kier alpha value is -0.380. The van der Waals surface area contributed by atoms with Crippen LogP contribution in [0.2, 0.25) is 0 Å². The molecule has 2 fully saturated rings. The number of hydrogen-bond acceptors (Lipinski definition) is 3. The lowest BCUT2D eigenvalue weighted by atomic mass is 9.74. The van der Waals surface area contributed by atoms with E-state index in [-0.39, 0.29) is 23.9 Å². The van der Waals surface area contributed by atoms with Crippen molar-refractivity contribution in [1.29, 1.82) is 0 Å². The summed E-state index contributed by atoms with van der Waals surface area (Å²) in [6.45, 7) is 3.14. The van der Waals surface area contributed by atoms with Crippen LogP contribution in [0.25, 0.3) is 0 Å². The van der Waals surface area contributed by atoms with Crippen LogP contribution in [0.3, 0.4) is 0 Å². The molecule has 1 aliphatic heterocycles. The van der Waals surface area contributed by atoms with Gasteiger partial charge in [-0.3, -0.25) is 0 Å². The summed E-state index contributed by atoms with van der Waals surface area (Å²) in [5.74, 6) is 0. The predicted molar refractivity (Wildman–Crippen MR) is 69.1 cm³/mol. The van der Waals surface area contributed by atoms with Gasteiger partial charge in [0.15, 0.2) is 6.29 Å². The summed E-state index contributed by atoms with van der Waals surface area (Å²) >= 11 is 0. The second kappa shape index (κ2) is 4.95. The zero-order valence-electron chi connectivity index (χ0n) is 11.2. The maximum absolute atomic E-state index is 9.74. The van der Waals surface area contributed by atoms with Gasteiger partial charge in [0.25, 0.3) is 0 Å². The Kier molecular flexibility index (Phi) is 3.48. The average molecular weight is 252 g/mol. The van der Waals surface area contributed by atoms with Gasteiger partial charge in [-0.25, -0.2) is 0 Å². The van der Waals surface area contributed by atoms with Gasteiger partial charge in [0.05, 0.1) is 12.2 Å². The van der Waals surface area contributed by atoms with Crippen molar-refractivity contribution < 1.29 is 14.6 Å². The topological polar surface area (TPSA) is 38.7 Å². The fraction of sp³-hybridized carbons (Fsp3) is 0.867. The van der Waals surface area contributed by atoms with Gasteiger partial charge < -0.3 is 14.6 Å². The van der Waals surface area contributed by atoms with Crippen LogP contribution in [-0.4, -0.2) is 30.2 Å². The maximum atomic E-state index is 9.74. The molecule has 1 N–H and O–H groups in total. The van der Waals surface area contributed by atoms with E-state index in [1.54, 1.807) is 0 Å². The van der Waals surface area contributed by atoms with Crippen molar-refractivity contribution in [3.63, 3.8) is 0 Å². The first kappa shape index (κ1) is 12.6. The minimum absolute atomic E-state index is 0.00627. The van der Waals surface area contributed by atoms with Gasteiger partial charge in [-0.1, -0.05) is 18.6 Å². The molecule has 0 bridgehead atoms. The number of ether oxygens (including phenoxy) is 2. The van der Waals surface area contributed by atoms with Crippen molar-refractivity contribution in [2.75, 3.05) is 6.61 Å². The van der Waals surface area contributed by atoms with E-state index in [1.165, 1.54) is 18.4 Å². The lowest BCUT2D eigenvalue weighted by Gasteiger charge is -2.38. The van der Waals surface area contributed by atoms with Crippen LogP contribution in [0, 0.1) is 5.41 Å². The van der Waals surface area contributed by atoms with E-state index >= 15 is 0 Å². The minimum Gasteiger partial charge on any atom is -0.389 e. The van der Waals surface area contributed by atoms with Crippen LogP contribution in [0.1, 0.15) is 51.9 Å². The van der Waals surface area contributed by atoms with Crippen molar-refractivity contribution in [3.8, 4) is 0 Å². The Balaban J connectivity index is 1.68. The first-order valence-electron chi connectivity index (χ1n) is 7.35. The molecule has 0 aromatic carbocycles. The average Bonchev–Trinajstić information content (AvgIpc) is 2.69. The monoisotopic (exact) mass is 252 g/mol. The Labute approximate surface area is 109 Å². The van der Waals surface area contributed by atoms with E-state index in [2.05, 4.69) is 13.0 Å². The quantitative estimate of drug-likeness (QED) is 0.768. The molecule has 3 aliphatic rings. The van der Waals surface area contributed by atoms with Gasteiger partial charge in [0, 0.05) is 12.0 Å². The molecule has 0 aromatic rings. The lowest BCUT2D eigenvalue weighted by Crippen LogP contribution is -2.38. The highest BCUT2D eigenvalue weighted by Crippen LogP contribution is 2.51. The molecule has 3 heteroatoms. The predicted octanol–water partition coefficient (Wildman–Crippen LogP) is 2.78. The first-order chi connectivity index (χ1) is 8.68. The van der Waals surface area contributed by atoms with Gasteiger partial charge in [-0.2, -0.15) is 0 Å². The summed E-state index contributed by atoms with van der Waals surface area (Å²) in [6, 6.07) is 0. The maximum Gasteiger partial charge on any atom is 0.157 e. The standard InChI is InChI=1S/C15H24O3/c1-15-8-7-12(16)10-11(15)5-6-13(15)18-14-4-2-3-9-17-14/h10,12-14,16H,2-9H2,1H3. The summed E-state index contributed by atoms with van der Waals surface area (Å²) in [6.07, 6.45) is 9.59. The molecule has 0 radical (unpaired) electrons. The van der Waals surface area contributed by atoms with Crippen LogP contribution in [-0.2, 0) is 9.47 Å². The van der Waals surface area contributed by atoms with E-state index in [4.69, 9.17) is 9.47 Å². The summed E-state index contributed by atoms with van der Waals surface area (Å²) in [5.41, 5.74) is 1.54. The van der Waals surface area contributed by atoms with Crippen molar-refractivity contribution in [2.24, 2.45) is 5.41 Å². The van der Waals surface area contributed by atoms with Crippen LogP contribution < -0.4 is 0 Å². The summed E-state index contributed by atoms with van der Waals surface area (Å²) in [4.78, 5) is 0. The minimum atomic E-state index is -0.238. The molecule has 1 saturated carbocycles. The van der Waals surface area contributed by atoms with Gasteiger partial charge in [-0.05, 0) is 44.9 Å². The SMILES string of the molecule is CC12CCC(O)C=C1CCC2OC1CCCCO1. The molecule has 2 aliphatic carbocycles. The molecule has 1 heterocycles. The van der Waals surface area contributed by atoms with E-state index in [1.807, 2.05) is 0 Å². The van der Waals surface area contributed by atoms with Crippen molar-refractivity contribution >= 4 is 0 Å². The summed E-state index contributed by atoms with van der Waals surface area (Å²) < 4.78 is 11.9. The fourth-order valence-corrected chi connectivity index (χ4v) is 3.68. The molecule has 0 amide bonds. The number of hydrogen-bond donors (Lipinski definition) is 1. The fourth-order valence-electron chi connectivity index (χ4n) is 3.68. The molecular weight excluding hydrogens is 228 g/mol.